The molecular weight excluding hydrogens is 577 g/mol. The van der Waals surface area contributed by atoms with Crippen LogP contribution in [0.3, 0.4) is 0 Å². The van der Waals surface area contributed by atoms with E-state index in [4.69, 9.17) is 22.4 Å². The molecule has 1 aliphatic carbocycles. The Bertz CT molecular complexity index is 1780. The molecule has 1 atom stereocenters. The average Bonchev–Trinajstić information content (AvgIpc) is 3.71. The van der Waals surface area contributed by atoms with Crippen molar-refractivity contribution in [1.29, 1.82) is 5.26 Å². The minimum Gasteiger partial charge on any atom is -0.382 e. The van der Waals surface area contributed by atoms with Crippen LogP contribution in [-0.2, 0) is 0 Å². The Labute approximate surface area is 251 Å². The van der Waals surface area contributed by atoms with E-state index in [1.165, 1.54) is 6.20 Å². The Morgan fingerprint density at radius 3 is 2.63 bits per heavy atom. The number of nitrogens with zero attached hydrogens (tertiary/aromatic N) is 5. The van der Waals surface area contributed by atoms with E-state index in [-0.39, 0.29) is 21.8 Å². The number of nitrogens with one attached hydrogen (secondary N) is 2. The lowest BCUT2D eigenvalue weighted by Crippen LogP contribution is -2.38. The van der Waals surface area contributed by atoms with E-state index >= 15 is 0 Å². The highest BCUT2D eigenvalue weighted by Gasteiger charge is 2.47. The van der Waals surface area contributed by atoms with Gasteiger partial charge in [-0.2, -0.15) is 23.5 Å². The Hall–Kier alpha value is -4.43. The first-order valence-electron chi connectivity index (χ1n) is 13.6. The maximum atomic E-state index is 13.6. The Kier molecular flexibility index (Phi) is 7.92. The summed E-state index contributed by atoms with van der Waals surface area (Å²) in [6, 6.07) is 14.3. The Balaban J connectivity index is 1.62. The van der Waals surface area contributed by atoms with Crippen LogP contribution in [-0.4, -0.2) is 40.2 Å². The fraction of sp³-hybridized carbons (Fsp3) is 0.323. The minimum absolute atomic E-state index is 0.0874. The van der Waals surface area contributed by atoms with Crippen LogP contribution in [0.25, 0.3) is 21.8 Å². The topological polar surface area (TPSA) is 124 Å². The van der Waals surface area contributed by atoms with Crippen molar-refractivity contribution in [3.8, 4) is 6.07 Å². The number of aromatic nitrogens is 2. The normalized spacial score (nSPS) is 15.9. The Morgan fingerprint density at radius 2 is 1.95 bits per heavy atom. The van der Waals surface area contributed by atoms with Gasteiger partial charge in [-0.1, -0.05) is 29.8 Å². The maximum Gasteiger partial charge on any atom is 0.395 e. The van der Waals surface area contributed by atoms with Crippen molar-refractivity contribution in [1.82, 2.24) is 9.97 Å². The van der Waals surface area contributed by atoms with Crippen LogP contribution in [0.5, 0.6) is 0 Å². The van der Waals surface area contributed by atoms with Crippen molar-refractivity contribution in [3.05, 3.63) is 71.0 Å². The van der Waals surface area contributed by atoms with E-state index in [1.54, 1.807) is 24.5 Å². The van der Waals surface area contributed by atoms with E-state index < -0.39 is 24.2 Å². The third-order valence-corrected chi connectivity index (χ3v) is 8.04. The molecule has 1 aliphatic rings. The van der Waals surface area contributed by atoms with Crippen LogP contribution in [0.4, 0.5) is 24.5 Å². The second-order valence-corrected chi connectivity index (χ2v) is 12.0. The summed E-state index contributed by atoms with van der Waals surface area (Å²) >= 11 is 6.68. The predicted molar refractivity (Wildman–Crippen MR) is 166 cm³/mol. The summed E-state index contributed by atoms with van der Waals surface area (Å²) in [5.41, 5.74) is 0.964. The number of nitriles is 1. The second-order valence-electron chi connectivity index (χ2n) is 11.6. The van der Waals surface area contributed by atoms with Crippen molar-refractivity contribution in [2.45, 2.75) is 51.4 Å². The van der Waals surface area contributed by atoms with Crippen molar-refractivity contribution in [2.24, 2.45) is 21.4 Å². The Morgan fingerprint density at radius 1 is 1.19 bits per heavy atom. The van der Waals surface area contributed by atoms with E-state index in [1.807, 2.05) is 36.4 Å². The first-order chi connectivity index (χ1) is 20.4. The molecule has 0 radical (unpaired) electrons. The van der Waals surface area contributed by atoms with Gasteiger partial charge in [0.25, 0.3) is 0 Å². The van der Waals surface area contributed by atoms with Gasteiger partial charge in [-0.05, 0) is 63.4 Å². The number of anilines is 2. The molecule has 12 heteroatoms. The number of pyridine rings is 2. The van der Waals surface area contributed by atoms with Gasteiger partial charge in [0.15, 0.2) is 0 Å². The molecule has 2 aromatic carbocycles. The van der Waals surface area contributed by atoms with Gasteiger partial charge in [0.1, 0.15) is 11.8 Å². The van der Waals surface area contributed by atoms with Gasteiger partial charge < -0.3 is 16.5 Å². The summed E-state index contributed by atoms with van der Waals surface area (Å²) in [5.74, 6) is 5.92. The molecule has 0 unspecified atom stereocenters. The molecule has 0 amide bonds. The van der Waals surface area contributed by atoms with Gasteiger partial charge in [0.2, 0.25) is 0 Å². The highest BCUT2D eigenvalue weighted by molar-refractivity contribution is 6.36. The number of fused-ring (bicyclic) bond motifs is 2. The van der Waals surface area contributed by atoms with Crippen LogP contribution >= 0.6 is 11.6 Å². The first kappa shape index (κ1) is 30.0. The van der Waals surface area contributed by atoms with E-state index in [2.05, 4.69) is 32.6 Å². The molecule has 4 N–H and O–H groups in total. The highest BCUT2D eigenvalue weighted by Crippen LogP contribution is 2.41. The molecule has 0 bridgehead atoms. The van der Waals surface area contributed by atoms with E-state index in [0.29, 0.717) is 22.3 Å². The minimum atomic E-state index is -4.46. The molecule has 43 heavy (non-hydrogen) atoms. The number of aliphatic imine (C=N–C) groups is 1. The monoisotopic (exact) mass is 606 g/mol. The molecule has 0 saturated heterocycles. The van der Waals surface area contributed by atoms with Crippen molar-refractivity contribution >= 4 is 56.7 Å². The van der Waals surface area contributed by atoms with E-state index in [9.17, 15) is 18.4 Å². The zero-order valence-electron chi connectivity index (χ0n) is 23.8. The smallest absolute Gasteiger partial charge is 0.382 e. The van der Waals surface area contributed by atoms with Gasteiger partial charge in [-0.3, -0.25) is 15.0 Å². The lowest BCUT2D eigenvalue weighted by atomic mass is 9.92. The summed E-state index contributed by atoms with van der Waals surface area (Å²) in [6.07, 6.45) is 2.14. The largest absolute Gasteiger partial charge is 0.395 e. The summed E-state index contributed by atoms with van der Waals surface area (Å²) in [4.78, 5) is 13.5. The molecule has 4 aromatic rings. The standard InChI is InChI=1S/C31H30ClF3N8/c1-29(2,31(33,34)35)17-40-26-18(14-36)15-39-27-22(26)12-19(13-23(27)32)42-28(25(43-37)16-41-30(3)9-10-30)21-6-4-8-24-20(21)7-5-11-38-24/h4-8,11-13,15-16,28,42H,9-10,17,37H2,1-3H3,(H,39,40)/t28-/m0/s1. The lowest BCUT2D eigenvalue weighted by molar-refractivity contribution is -0.206. The second kappa shape index (κ2) is 11.3. The van der Waals surface area contributed by atoms with Gasteiger partial charge in [0.05, 0.1) is 44.3 Å². The third-order valence-electron chi connectivity index (χ3n) is 7.75. The van der Waals surface area contributed by atoms with Gasteiger partial charge in [0, 0.05) is 41.6 Å². The number of hydrogen-bond donors (Lipinski definition) is 3. The molecule has 0 spiro atoms. The van der Waals surface area contributed by atoms with Crippen LogP contribution in [0.1, 0.15) is 50.8 Å². The summed E-state index contributed by atoms with van der Waals surface area (Å²) in [7, 11) is 0. The molecule has 1 fully saturated rings. The van der Waals surface area contributed by atoms with Crippen molar-refractivity contribution in [2.75, 3.05) is 17.2 Å². The van der Waals surface area contributed by atoms with E-state index in [0.717, 1.165) is 43.2 Å². The van der Waals surface area contributed by atoms with Gasteiger partial charge in [-0.25, -0.2) is 0 Å². The first-order valence-corrected chi connectivity index (χ1v) is 14.0. The molecule has 0 aliphatic heterocycles. The number of rotatable bonds is 9. The molecule has 2 aromatic heterocycles. The number of hydrazone groups is 1. The molecule has 8 nitrogen and oxygen atoms in total. The zero-order valence-corrected chi connectivity index (χ0v) is 24.6. The van der Waals surface area contributed by atoms with Crippen LogP contribution in [0.2, 0.25) is 5.02 Å². The van der Waals surface area contributed by atoms with Crippen LogP contribution in [0.15, 0.2) is 65.0 Å². The summed E-state index contributed by atoms with van der Waals surface area (Å²) in [6.45, 7) is 3.77. The van der Waals surface area contributed by atoms with Crippen molar-refractivity contribution in [3.63, 3.8) is 0 Å². The molecule has 2 heterocycles. The number of hydrogen-bond acceptors (Lipinski definition) is 8. The fourth-order valence-corrected chi connectivity index (χ4v) is 4.87. The maximum absolute atomic E-state index is 13.6. The summed E-state index contributed by atoms with van der Waals surface area (Å²) in [5, 5.41) is 21.7. The number of benzene rings is 2. The van der Waals surface area contributed by atoms with Gasteiger partial charge >= 0.3 is 6.18 Å². The highest BCUT2D eigenvalue weighted by atomic mass is 35.5. The molecule has 222 valence electrons. The van der Waals surface area contributed by atoms with Crippen LogP contribution < -0.4 is 16.5 Å². The van der Waals surface area contributed by atoms with Gasteiger partial charge in [-0.15, -0.1) is 0 Å². The number of nitrogens with two attached hydrogens (primary N) is 1. The number of alkyl halides is 3. The van der Waals surface area contributed by atoms with Crippen molar-refractivity contribution < 1.29 is 13.2 Å². The predicted octanol–water partition coefficient (Wildman–Crippen LogP) is 7.40. The fourth-order valence-electron chi connectivity index (χ4n) is 4.60. The molecule has 1 saturated carbocycles. The third kappa shape index (κ3) is 6.20. The summed E-state index contributed by atoms with van der Waals surface area (Å²) < 4.78 is 40.9. The zero-order chi connectivity index (χ0) is 31.0. The quantitative estimate of drug-likeness (QED) is 0.104. The average molecular weight is 607 g/mol. The number of halogens is 4. The molecule has 5 rings (SSSR count). The SMILES string of the molecule is CC1(N=CC(=NN)[C@@H](Nc2cc(Cl)c3ncc(C#N)c(NCC(C)(C)C(F)(F)F)c3c2)c2cccc3ncccc23)CC1. The molecular formula is C31H30ClF3N8. The lowest BCUT2D eigenvalue weighted by Gasteiger charge is -2.29. The van der Waals surface area contributed by atoms with Crippen LogP contribution in [0, 0.1) is 16.7 Å².